The predicted octanol–water partition coefficient (Wildman–Crippen LogP) is 13.4. The van der Waals surface area contributed by atoms with E-state index >= 15 is 0 Å². The Morgan fingerprint density at radius 3 is 1.35 bits per heavy atom. The van der Waals surface area contributed by atoms with Crippen molar-refractivity contribution in [2.24, 2.45) is 0 Å². The number of allylic oxidation sites excluding steroid dienone is 2. The molecule has 2 unspecified atom stereocenters. The van der Waals surface area contributed by atoms with Gasteiger partial charge < -0.3 is 0 Å². The average molecular weight is 789 g/mol. The first kappa shape index (κ1) is 39.8. The zero-order chi connectivity index (χ0) is 34.3. The van der Waals surface area contributed by atoms with Crippen molar-refractivity contribution in [2.75, 3.05) is 0 Å². The Bertz CT molecular complexity index is 2020. The molecule has 0 bridgehead atoms. The molecular weight excluding hydrogens is 731 g/mol. The van der Waals surface area contributed by atoms with Gasteiger partial charge in [-0.05, 0) is 0 Å². The molecule has 2 atom stereocenters. The van der Waals surface area contributed by atoms with E-state index in [1.807, 2.05) is 0 Å². The normalized spacial score (nSPS) is 17.4. The van der Waals surface area contributed by atoms with E-state index < -0.39 is 17.4 Å². The molecule has 0 amide bonds. The summed E-state index contributed by atoms with van der Waals surface area (Å²) >= 11 is -3.70. The Morgan fingerprint density at radius 2 is 0.959 bits per heavy atom. The maximum atomic E-state index is 2.79. The fourth-order valence-corrected chi connectivity index (χ4v) is 30.0. The number of benzene rings is 4. The smallest absolute Gasteiger partial charge is 0.147 e. The van der Waals surface area contributed by atoms with Gasteiger partial charge in [0.1, 0.15) is 0 Å². The van der Waals surface area contributed by atoms with Crippen molar-refractivity contribution in [2.45, 2.75) is 103 Å². The second kappa shape index (κ2) is 13.5. The second-order valence-electron chi connectivity index (χ2n) is 17.9. The van der Waals surface area contributed by atoms with Crippen molar-refractivity contribution in [1.82, 2.24) is 0 Å². The summed E-state index contributed by atoms with van der Waals surface area (Å²) < 4.78 is 6.61. The Morgan fingerprint density at radius 1 is 0.571 bits per heavy atom. The van der Waals surface area contributed by atoms with Gasteiger partial charge in [-0.2, -0.15) is 0 Å². The van der Waals surface area contributed by atoms with E-state index in [0.29, 0.717) is 7.25 Å². The van der Waals surface area contributed by atoms with Crippen LogP contribution in [0.3, 0.4) is 0 Å². The van der Waals surface area contributed by atoms with Crippen molar-refractivity contribution < 1.29 is 17.4 Å². The van der Waals surface area contributed by atoms with Gasteiger partial charge >= 0.3 is 290 Å². The quantitative estimate of drug-likeness (QED) is 0.177. The summed E-state index contributed by atoms with van der Waals surface area (Å²) in [4.78, 5) is 0. The molecule has 0 radical (unpaired) electrons. The van der Waals surface area contributed by atoms with Crippen LogP contribution in [0.15, 0.2) is 83.9 Å². The minimum absolute atomic E-state index is 0. The number of rotatable bonds is 5. The van der Waals surface area contributed by atoms with Crippen LogP contribution in [0.5, 0.6) is 0 Å². The largest absolute Gasteiger partial charge is 0.147 e. The topological polar surface area (TPSA) is 0 Å². The zero-order valence-corrected chi connectivity index (χ0v) is 37.5. The minimum atomic E-state index is -3.70. The van der Waals surface area contributed by atoms with Crippen LogP contribution >= 0.6 is 24.8 Å². The SMILES string of the molecule is CCC1=Cc2c(-c3ccc(C(C)(C)C)cc3)ccc(C)c2[CH]1[Zr]([CH3])([CH3])(=[SiH2])[CH]1C(C)=Cc2c(-c3ccc(C(C)(C)C)cc3)ccc(C)c21.Cl.Cl. The molecule has 0 spiro atoms. The maximum absolute atomic E-state index is 3.70. The van der Waals surface area contributed by atoms with Gasteiger partial charge in [-0.25, -0.2) is 0 Å². The van der Waals surface area contributed by atoms with Crippen LogP contribution in [0.2, 0.25) is 9.26 Å². The minimum Gasteiger partial charge on any atom is -0.147 e. The summed E-state index contributed by atoms with van der Waals surface area (Å²) in [5.41, 5.74) is 20.8. The first-order valence-electron chi connectivity index (χ1n) is 17.8. The van der Waals surface area contributed by atoms with E-state index in [0.717, 1.165) is 6.42 Å². The van der Waals surface area contributed by atoms with Crippen molar-refractivity contribution in [3.63, 3.8) is 0 Å². The summed E-state index contributed by atoms with van der Waals surface area (Å²) in [6.07, 6.45) is 6.29. The Hall–Kier alpha value is -1.96. The molecule has 0 aromatic heterocycles. The molecule has 0 aliphatic heterocycles. The molecule has 2 aliphatic rings. The average Bonchev–Trinajstić information content (AvgIpc) is 3.58. The molecule has 2 aliphatic carbocycles. The van der Waals surface area contributed by atoms with E-state index in [1.165, 1.54) is 55.6 Å². The van der Waals surface area contributed by atoms with Crippen LogP contribution in [-0.4, -0.2) is 6.88 Å². The number of hydrogen-bond acceptors (Lipinski definition) is 0. The molecule has 0 nitrogen and oxygen atoms in total. The number of fused-ring (bicyclic) bond motifs is 2. The van der Waals surface area contributed by atoms with Crippen LogP contribution in [0.4, 0.5) is 0 Å². The van der Waals surface area contributed by atoms with Gasteiger partial charge in [0.15, 0.2) is 0 Å². The number of hydrogen-bond donors (Lipinski definition) is 0. The fourth-order valence-electron chi connectivity index (χ4n) is 9.14. The first-order valence-corrected chi connectivity index (χ1v) is 31.4. The Labute approximate surface area is 312 Å². The van der Waals surface area contributed by atoms with E-state index in [4.69, 9.17) is 0 Å². The molecule has 49 heavy (non-hydrogen) atoms. The van der Waals surface area contributed by atoms with Gasteiger partial charge in [0.25, 0.3) is 0 Å². The molecule has 4 heteroatoms. The number of halogens is 2. The van der Waals surface area contributed by atoms with E-state index in [2.05, 4.69) is 170 Å². The third kappa shape index (κ3) is 6.87. The van der Waals surface area contributed by atoms with Crippen molar-refractivity contribution in [3.8, 4) is 22.3 Å². The molecular formula is C45H58Cl2SiZr. The van der Waals surface area contributed by atoms with Crippen LogP contribution in [-0.2, 0) is 28.2 Å². The third-order valence-corrected chi connectivity index (χ3v) is 29.1. The zero-order valence-electron chi connectivity index (χ0n) is 32.0. The summed E-state index contributed by atoms with van der Waals surface area (Å²) in [5.74, 6) is 0. The van der Waals surface area contributed by atoms with Crippen LogP contribution in [0.25, 0.3) is 34.4 Å². The van der Waals surface area contributed by atoms with E-state index in [9.17, 15) is 0 Å². The van der Waals surface area contributed by atoms with Gasteiger partial charge in [0, 0.05) is 0 Å². The van der Waals surface area contributed by atoms with Gasteiger partial charge in [0.2, 0.25) is 0 Å². The summed E-state index contributed by atoms with van der Waals surface area (Å²) in [6.45, 7) is 25.8. The van der Waals surface area contributed by atoms with Crippen molar-refractivity contribution >= 4 is 43.8 Å². The summed E-state index contributed by atoms with van der Waals surface area (Å²) in [5, 5.41) is 0. The number of aryl methyl sites for hydroxylation is 2. The van der Waals surface area contributed by atoms with Crippen LogP contribution < -0.4 is 0 Å². The monoisotopic (exact) mass is 786 g/mol. The molecule has 4 aromatic carbocycles. The maximum Gasteiger partial charge on any atom is -0.147 e. The summed E-state index contributed by atoms with van der Waals surface area (Å²) in [6, 6.07) is 28.3. The van der Waals surface area contributed by atoms with Gasteiger partial charge in [-0.3, -0.25) is 0 Å². The molecule has 4 aromatic rings. The van der Waals surface area contributed by atoms with Gasteiger partial charge in [0.05, 0.1) is 0 Å². The molecule has 0 heterocycles. The molecule has 0 saturated carbocycles. The molecule has 0 N–H and O–H groups in total. The Balaban J connectivity index is 0.00000270. The standard InChI is InChI=1S/C22H25.C21H23.2CH3.2ClH.H2Si.Zr/c1-6-16-13-20-15(2)7-12-19(21(20)14-16)17-8-10-18(11-9-17)22(3,4)5;1-14-12-19-15(2)6-11-18(20(19)13-14)16-7-9-17(10-8-16)21(3,4)5;;;;;;/h7-14H,6H2,1-5H3;6-13H,1-5H3;2*1H3;2*1H;1H2;. The third-order valence-electron chi connectivity index (χ3n) is 11.5. The van der Waals surface area contributed by atoms with Crippen molar-refractivity contribution in [1.29, 1.82) is 0 Å². The van der Waals surface area contributed by atoms with Crippen LogP contribution in [0, 0.1) is 13.8 Å². The fraction of sp³-hybridized carbons (Fsp3) is 0.378. The van der Waals surface area contributed by atoms with E-state index in [1.54, 1.807) is 22.3 Å². The second-order valence-corrected chi connectivity index (χ2v) is 48.4. The van der Waals surface area contributed by atoms with Crippen molar-refractivity contribution in [3.05, 3.63) is 128 Å². The molecule has 0 fully saturated rings. The van der Waals surface area contributed by atoms with E-state index in [-0.39, 0.29) is 35.6 Å². The van der Waals surface area contributed by atoms with Gasteiger partial charge in [-0.1, -0.05) is 0 Å². The molecule has 260 valence electrons. The van der Waals surface area contributed by atoms with Crippen LogP contribution in [0.1, 0.15) is 114 Å². The molecule has 6 rings (SSSR count). The first-order chi connectivity index (χ1) is 21.8. The Kier molecular flexibility index (Phi) is 11.0. The summed E-state index contributed by atoms with van der Waals surface area (Å²) in [7, 11) is 0. The molecule has 0 saturated heterocycles. The predicted molar refractivity (Wildman–Crippen MR) is 223 cm³/mol. The van der Waals surface area contributed by atoms with Gasteiger partial charge in [-0.15, -0.1) is 24.8 Å².